The van der Waals surface area contributed by atoms with E-state index in [1.54, 1.807) is 0 Å². The smallest absolute Gasteiger partial charge is 0.375 e. The average molecular weight is 251 g/mol. The first-order chi connectivity index (χ1) is 7.42. The van der Waals surface area contributed by atoms with Gasteiger partial charge in [-0.2, -0.15) is 8.42 Å². The van der Waals surface area contributed by atoms with Gasteiger partial charge in [-0.1, -0.05) is 12.0 Å². The molecule has 0 aromatic heterocycles. The summed E-state index contributed by atoms with van der Waals surface area (Å²) in [6.45, 7) is 1.87. The molecule has 9 heteroatoms. The van der Waals surface area contributed by atoms with E-state index in [0.717, 1.165) is 0 Å². The van der Waals surface area contributed by atoms with Crippen LogP contribution in [0.2, 0.25) is 0 Å². The van der Waals surface area contributed by atoms with Crippen LogP contribution in [0.1, 0.15) is 13.3 Å². The van der Waals surface area contributed by atoms with Crippen LogP contribution in [-0.4, -0.2) is 38.3 Å². The van der Waals surface area contributed by atoms with Gasteiger partial charge in [0.25, 0.3) is 0 Å². The standard InChI is InChI=1S/C7H13N3O5S/c1-5-2-6(3-15-16(11,12)13)14-4-7(5)9-10-8/h5-7H,2-4H2,1H3,(H,11,12,13). The summed E-state index contributed by atoms with van der Waals surface area (Å²) in [6.07, 6.45) is 0.0983. The summed E-state index contributed by atoms with van der Waals surface area (Å²) in [6, 6.07) is -0.244. The van der Waals surface area contributed by atoms with Gasteiger partial charge in [-0.15, -0.1) is 0 Å². The fraction of sp³-hybridized carbons (Fsp3) is 1.00. The second-order valence-corrected chi connectivity index (χ2v) is 4.74. The lowest BCUT2D eigenvalue weighted by molar-refractivity contribution is -0.0395. The Bertz CT molecular complexity index is 377. The first-order valence-corrected chi connectivity index (χ1v) is 6.06. The summed E-state index contributed by atoms with van der Waals surface area (Å²) < 4.78 is 38.5. The SMILES string of the molecule is CC1CC(COS(=O)(=O)O)OCC1N=[N+]=[N-]. The van der Waals surface area contributed by atoms with Crippen molar-refractivity contribution in [3.05, 3.63) is 10.4 Å². The molecule has 3 unspecified atom stereocenters. The number of ether oxygens (including phenoxy) is 1. The molecule has 0 aromatic rings. The molecule has 92 valence electrons. The highest BCUT2D eigenvalue weighted by atomic mass is 32.3. The maximum atomic E-state index is 10.3. The zero-order valence-corrected chi connectivity index (χ0v) is 9.50. The number of nitrogens with zero attached hydrogens (tertiary/aromatic N) is 3. The van der Waals surface area contributed by atoms with E-state index in [0.29, 0.717) is 6.42 Å². The molecule has 1 heterocycles. The van der Waals surface area contributed by atoms with E-state index in [1.165, 1.54) is 0 Å². The molecule has 0 aromatic carbocycles. The largest absolute Gasteiger partial charge is 0.397 e. The topological polar surface area (TPSA) is 122 Å². The van der Waals surface area contributed by atoms with Gasteiger partial charge < -0.3 is 4.74 Å². The minimum atomic E-state index is -4.43. The highest BCUT2D eigenvalue weighted by Gasteiger charge is 2.28. The molecule has 8 nitrogen and oxygen atoms in total. The van der Waals surface area contributed by atoms with Gasteiger partial charge >= 0.3 is 10.4 Å². The van der Waals surface area contributed by atoms with E-state index in [-0.39, 0.29) is 25.2 Å². The predicted molar refractivity (Wildman–Crippen MR) is 54.0 cm³/mol. The minimum absolute atomic E-state index is 0.0830. The molecule has 1 aliphatic rings. The number of hydrogen-bond donors (Lipinski definition) is 1. The van der Waals surface area contributed by atoms with Crippen molar-refractivity contribution in [1.29, 1.82) is 0 Å². The maximum absolute atomic E-state index is 10.3. The highest BCUT2D eigenvalue weighted by Crippen LogP contribution is 2.23. The Morgan fingerprint density at radius 2 is 2.38 bits per heavy atom. The molecule has 0 bridgehead atoms. The lowest BCUT2D eigenvalue weighted by Gasteiger charge is -2.31. The van der Waals surface area contributed by atoms with Crippen molar-refractivity contribution in [3.8, 4) is 0 Å². The van der Waals surface area contributed by atoms with Gasteiger partial charge in [-0.05, 0) is 17.9 Å². The van der Waals surface area contributed by atoms with Gasteiger partial charge in [0.15, 0.2) is 0 Å². The summed E-state index contributed by atoms with van der Waals surface area (Å²) in [5, 5.41) is 3.56. The third-order valence-electron chi connectivity index (χ3n) is 2.40. The van der Waals surface area contributed by atoms with Gasteiger partial charge in [0.1, 0.15) is 0 Å². The number of rotatable bonds is 4. The molecule has 0 amide bonds. The van der Waals surface area contributed by atoms with Gasteiger partial charge in [0, 0.05) is 4.91 Å². The predicted octanol–water partition coefficient (Wildman–Crippen LogP) is 0.910. The van der Waals surface area contributed by atoms with Crippen LogP contribution >= 0.6 is 0 Å². The normalized spacial score (nSPS) is 30.8. The van der Waals surface area contributed by atoms with E-state index >= 15 is 0 Å². The lowest BCUT2D eigenvalue weighted by Crippen LogP contribution is -2.37. The van der Waals surface area contributed by atoms with Crippen LogP contribution in [0.3, 0.4) is 0 Å². The molecule has 1 aliphatic heterocycles. The minimum Gasteiger partial charge on any atom is -0.375 e. The zero-order chi connectivity index (χ0) is 12.2. The molecule has 0 radical (unpaired) electrons. The van der Waals surface area contributed by atoms with Crippen molar-refractivity contribution in [2.45, 2.75) is 25.5 Å². The average Bonchev–Trinajstić information content (AvgIpc) is 2.18. The van der Waals surface area contributed by atoms with Crippen molar-refractivity contribution in [3.63, 3.8) is 0 Å². The molecular formula is C7H13N3O5S. The van der Waals surface area contributed by atoms with Crippen LogP contribution < -0.4 is 0 Å². The van der Waals surface area contributed by atoms with Crippen LogP contribution in [0.4, 0.5) is 0 Å². The fourth-order valence-corrected chi connectivity index (χ4v) is 1.85. The Kier molecular flexibility index (Phi) is 4.51. The molecule has 1 N–H and O–H groups in total. The van der Waals surface area contributed by atoms with E-state index in [9.17, 15) is 8.42 Å². The number of azide groups is 1. The number of hydrogen-bond acceptors (Lipinski definition) is 5. The first kappa shape index (κ1) is 13.2. The highest BCUT2D eigenvalue weighted by molar-refractivity contribution is 7.80. The molecule has 1 fully saturated rings. The fourth-order valence-electron chi connectivity index (χ4n) is 1.53. The Hall–Kier alpha value is -0.860. The van der Waals surface area contributed by atoms with Crippen LogP contribution in [0.15, 0.2) is 5.11 Å². The van der Waals surface area contributed by atoms with E-state index in [2.05, 4.69) is 14.2 Å². The molecule has 3 atom stereocenters. The third-order valence-corrected chi connectivity index (χ3v) is 2.83. The van der Waals surface area contributed by atoms with Gasteiger partial charge in [0.2, 0.25) is 0 Å². The molecule has 0 saturated carbocycles. The van der Waals surface area contributed by atoms with E-state index in [4.69, 9.17) is 14.8 Å². The third kappa shape index (κ3) is 4.33. The quantitative estimate of drug-likeness (QED) is 0.344. The van der Waals surface area contributed by atoms with E-state index < -0.39 is 16.5 Å². The summed E-state index contributed by atoms with van der Waals surface area (Å²) in [5.74, 6) is 0.0830. The lowest BCUT2D eigenvalue weighted by atomic mass is 9.94. The van der Waals surface area contributed by atoms with Crippen LogP contribution in [0.5, 0.6) is 0 Å². The van der Waals surface area contributed by atoms with Crippen molar-refractivity contribution < 1.29 is 21.9 Å². The second-order valence-electron chi connectivity index (χ2n) is 3.65. The first-order valence-electron chi connectivity index (χ1n) is 4.70. The Labute approximate surface area is 93.1 Å². The molecule has 0 spiro atoms. The summed E-state index contributed by atoms with van der Waals surface area (Å²) >= 11 is 0. The van der Waals surface area contributed by atoms with E-state index in [1.807, 2.05) is 6.92 Å². The molecule has 1 rings (SSSR count). The van der Waals surface area contributed by atoms with Gasteiger partial charge in [-0.3, -0.25) is 4.55 Å². The summed E-state index contributed by atoms with van der Waals surface area (Å²) in [5.41, 5.74) is 8.28. The van der Waals surface area contributed by atoms with Crippen LogP contribution in [0.25, 0.3) is 10.4 Å². The van der Waals surface area contributed by atoms with Crippen molar-refractivity contribution in [2.24, 2.45) is 11.0 Å². The van der Waals surface area contributed by atoms with Gasteiger partial charge in [0.05, 0.1) is 25.4 Å². The summed E-state index contributed by atoms with van der Waals surface area (Å²) in [4.78, 5) is 2.70. The zero-order valence-electron chi connectivity index (χ0n) is 8.68. The second kappa shape index (κ2) is 5.46. The molecule has 1 saturated heterocycles. The Morgan fingerprint density at radius 1 is 1.69 bits per heavy atom. The molecular weight excluding hydrogens is 238 g/mol. The van der Waals surface area contributed by atoms with Crippen molar-refractivity contribution >= 4 is 10.4 Å². The molecule has 16 heavy (non-hydrogen) atoms. The maximum Gasteiger partial charge on any atom is 0.397 e. The monoisotopic (exact) mass is 251 g/mol. The molecule has 0 aliphatic carbocycles. The van der Waals surface area contributed by atoms with Crippen molar-refractivity contribution in [1.82, 2.24) is 0 Å². The van der Waals surface area contributed by atoms with Crippen LogP contribution in [0, 0.1) is 5.92 Å². The summed E-state index contributed by atoms with van der Waals surface area (Å²) in [7, 11) is -4.43. The van der Waals surface area contributed by atoms with Crippen LogP contribution in [-0.2, 0) is 19.3 Å². The Morgan fingerprint density at radius 3 is 2.88 bits per heavy atom. The van der Waals surface area contributed by atoms with Gasteiger partial charge in [-0.25, -0.2) is 4.18 Å². The van der Waals surface area contributed by atoms with Crippen molar-refractivity contribution in [2.75, 3.05) is 13.2 Å². The Balaban J connectivity index is 2.42.